The van der Waals surface area contributed by atoms with Gasteiger partial charge in [-0.25, -0.2) is 18.4 Å². The number of aromatic nitrogens is 4. The molecule has 0 unspecified atom stereocenters. The highest BCUT2D eigenvalue weighted by molar-refractivity contribution is 7.89. The molecule has 1 aliphatic rings. The molecular formula is C16H16N6O3S. The zero-order chi connectivity index (χ0) is 18.1. The Balaban J connectivity index is 1.67. The van der Waals surface area contributed by atoms with E-state index in [0.717, 1.165) is 0 Å². The van der Waals surface area contributed by atoms with Gasteiger partial charge in [0.05, 0.1) is 10.5 Å². The number of nitrogen functional groups attached to an aromatic ring is 1. The predicted octanol–water partition coefficient (Wildman–Crippen LogP) is 1.63. The molecule has 1 aliphatic heterocycles. The molecule has 10 heteroatoms. The molecule has 1 aromatic carbocycles. The summed E-state index contributed by atoms with van der Waals surface area (Å²) >= 11 is 0. The summed E-state index contributed by atoms with van der Waals surface area (Å²) < 4.78 is 32.6. The van der Waals surface area contributed by atoms with Crippen LogP contribution in [0.4, 0.5) is 5.82 Å². The first kappa shape index (κ1) is 16.6. The second kappa shape index (κ2) is 6.46. The van der Waals surface area contributed by atoms with Crippen LogP contribution < -0.4 is 5.73 Å². The van der Waals surface area contributed by atoms with Gasteiger partial charge in [0, 0.05) is 12.7 Å². The van der Waals surface area contributed by atoms with Gasteiger partial charge in [0.1, 0.15) is 18.2 Å². The highest BCUT2D eigenvalue weighted by Gasteiger charge is 2.39. The van der Waals surface area contributed by atoms with Gasteiger partial charge in [-0.05, 0) is 25.0 Å². The third-order valence-corrected chi connectivity index (χ3v) is 6.19. The minimum absolute atomic E-state index is 0.229. The van der Waals surface area contributed by atoms with Crippen LogP contribution in [0.2, 0.25) is 0 Å². The number of nitrogens with two attached hydrogens (primary N) is 1. The minimum Gasteiger partial charge on any atom is -0.383 e. The molecule has 9 nitrogen and oxygen atoms in total. The standard InChI is InChI=1S/C16H16N6O3S/c17-14-12(9-18-10-19-14)15-20-16(25-21-15)13-7-4-8-22(13)26(23,24)11-5-2-1-3-6-11/h1-3,5-6,9-10,13H,4,7-8H2,(H2,17,18,19)/t13-/m0/s1. The zero-order valence-electron chi connectivity index (χ0n) is 13.7. The van der Waals surface area contributed by atoms with Gasteiger partial charge in [-0.3, -0.25) is 0 Å². The number of hydrogen-bond acceptors (Lipinski definition) is 8. The van der Waals surface area contributed by atoms with E-state index in [1.807, 2.05) is 0 Å². The van der Waals surface area contributed by atoms with Gasteiger partial charge >= 0.3 is 0 Å². The lowest BCUT2D eigenvalue weighted by Crippen LogP contribution is -2.30. The van der Waals surface area contributed by atoms with Crippen molar-refractivity contribution in [2.45, 2.75) is 23.8 Å². The molecule has 4 rings (SSSR count). The SMILES string of the molecule is Nc1ncncc1-c1noc([C@@H]2CCCN2S(=O)(=O)c2ccccc2)n1. The van der Waals surface area contributed by atoms with Crippen molar-refractivity contribution < 1.29 is 12.9 Å². The van der Waals surface area contributed by atoms with Gasteiger partial charge in [-0.15, -0.1) is 0 Å². The summed E-state index contributed by atoms with van der Waals surface area (Å²) in [5.74, 6) is 0.704. The van der Waals surface area contributed by atoms with E-state index in [-0.39, 0.29) is 22.4 Å². The third kappa shape index (κ3) is 2.82. The summed E-state index contributed by atoms with van der Waals surface area (Å²) in [4.78, 5) is 12.4. The molecule has 0 bridgehead atoms. The van der Waals surface area contributed by atoms with E-state index in [1.165, 1.54) is 16.8 Å². The summed E-state index contributed by atoms with van der Waals surface area (Å²) in [5.41, 5.74) is 6.25. The Hall–Kier alpha value is -2.85. The molecule has 0 amide bonds. The van der Waals surface area contributed by atoms with Crippen LogP contribution >= 0.6 is 0 Å². The fourth-order valence-corrected chi connectivity index (χ4v) is 4.67. The quantitative estimate of drug-likeness (QED) is 0.732. The highest BCUT2D eigenvalue weighted by Crippen LogP contribution is 2.36. The van der Waals surface area contributed by atoms with Crippen molar-refractivity contribution in [1.82, 2.24) is 24.4 Å². The van der Waals surface area contributed by atoms with Crippen molar-refractivity contribution in [3.8, 4) is 11.4 Å². The molecule has 0 saturated carbocycles. The van der Waals surface area contributed by atoms with Crippen LogP contribution in [0.15, 0.2) is 52.3 Å². The Labute approximate surface area is 149 Å². The highest BCUT2D eigenvalue weighted by atomic mass is 32.2. The summed E-state index contributed by atoms with van der Waals surface area (Å²) in [6, 6.07) is 7.81. The zero-order valence-corrected chi connectivity index (χ0v) is 14.5. The molecule has 1 atom stereocenters. The number of sulfonamides is 1. The molecule has 1 saturated heterocycles. The second-order valence-corrected chi connectivity index (χ2v) is 7.76. The van der Waals surface area contributed by atoms with Crippen molar-refractivity contribution in [3.05, 3.63) is 48.7 Å². The predicted molar refractivity (Wildman–Crippen MR) is 92.0 cm³/mol. The van der Waals surface area contributed by atoms with Crippen LogP contribution in [0.25, 0.3) is 11.4 Å². The smallest absolute Gasteiger partial charge is 0.245 e. The van der Waals surface area contributed by atoms with Crippen LogP contribution in [0.1, 0.15) is 24.8 Å². The number of hydrogen-bond donors (Lipinski definition) is 1. The third-order valence-electron chi connectivity index (χ3n) is 4.26. The van der Waals surface area contributed by atoms with Gasteiger partial charge in [0.2, 0.25) is 21.7 Å². The van der Waals surface area contributed by atoms with Crippen molar-refractivity contribution in [1.29, 1.82) is 0 Å². The fraction of sp³-hybridized carbons (Fsp3) is 0.250. The molecule has 134 valence electrons. The number of nitrogens with zero attached hydrogens (tertiary/aromatic N) is 5. The van der Waals surface area contributed by atoms with Crippen molar-refractivity contribution in [2.75, 3.05) is 12.3 Å². The van der Waals surface area contributed by atoms with Gasteiger partial charge in [0.25, 0.3) is 0 Å². The van der Waals surface area contributed by atoms with Crippen molar-refractivity contribution in [2.24, 2.45) is 0 Å². The molecule has 0 aliphatic carbocycles. The molecule has 2 N–H and O–H groups in total. The van der Waals surface area contributed by atoms with E-state index < -0.39 is 16.1 Å². The van der Waals surface area contributed by atoms with E-state index in [4.69, 9.17) is 10.3 Å². The Kier molecular flexibility index (Phi) is 4.13. The van der Waals surface area contributed by atoms with Gasteiger partial charge < -0.3 is 10.3 Å². The molecule has 0 radical (unpaired) electrons. The lowest BCUT2D eigenvalue weighted by molar-refractivity contribution is 0.290. The first-order valence-electron chi connectivity index (χ1n) is 8.04. The number of benzene rings is 1. The van der Waals surface area contributed by atoms with E-state index in [2.05, 4.69) is 20.1 Å². The van der Waals surface area contributed by atoms with E-state index in [0.29, 0.717) is 24.9 Å². The maximum Gasteiger partial charge on any atom is 0.245 e. The first-order chi connectivity index (χ1) is 12.6. The summed E-state index contributed by atoms with van der Waals surface area (Å²) in [7, 11) is -3.64. The molecule has 3 heterocycles. The maximum atomic E-state index is 12.9. The molecular weight excluding hydrogens is 356 g/mol. The van der Waals surface area contributed by atoms with Crippen molar-refractivity contribution in [3.63, 3.8) is 0 Å². The average Bonchev–Trinajstić information content (AvgIpc) is 3.32. The Bertz CT molecular complexity index is 1020. The van der Waals surface area contributed by atoms with Gasteiger partial charge in [-0.2, -0.15) is 9.29 Å². The normalized spacial score (nSPS) is 18.2. The van der Waals surface area contributed by atoms with Crippen LogP contribution in [-0.2, 0) is 10.0 Å². The Morgan fingerprint density at radius 1 is 1.23 bits per heavy atom. The largest absolute Gasteiger partial charge is 0.383 e. The van der Waals surface area contributed by atoms with E-state index in [1.54, 1.807) is 30.3 Å². The summed E-state index contributed by atoms with van der Waals surface area (Å²) in [6.07, 6.45) is 4.13. The average molecular weight is 372 g/mol. The minimum atomic E-state index is -3.64. The lowest BCUT2D eigenvalue weighted by Gasteiger charge is -2.21. The lowest BCUT2D eigenvalue weighted by atomic mass is 10.2. The second-order valence-electron chi connectivity index (χ2n) is 5.86. The summed E-state index contributed by atoms with van der Waals surface area (Å²) in [5, 5.41) is 3.91. The van der Waals surface area contributed by atoms with Gasteiger partial charge in [-0.1, -0.05) is 23.4 Å². The van der Waals surface area contributed by atoms with Crippen LogP contribution in [0.3, 0.4) is 0 Å². The van der Waals surface area contributed by atoms with Gasteiger partial charge in [0.15, 0.2) is 0 Å². The van der Waals surface area contributed by atoms with E-state index in [9.17, 15) is 8.42 Å². The Morgan fingerprint density at radius 2 is 2.04 bits per heavy atom. The topological polar surface area (TPSA) is 128 Å². The maximum absolute atomic E-state index is 12.9. The molecule has 26 heavy (non-hydrogen) atoms. The van der Waals surface area contributed by atoms with Crippen LogP contribution in [0, 0.1) is 0 Å². The van der Waals surface area contributed by atoms with E-state index >= 15 is 0 Å². The fourth-order valence-electron chi connectivity index (χ4n) is 2.99. The number of anilines is 1. The Morgan fingerprint density at radius 3 is 2.81 bits per heavy atom. The van der Waals surface area contributed by atoms with Crippen LogP contribution in [-0.4, -0.2) is 39.4 Å². The molecule has 0 spiro atoms. The summed E-state index contributed by atoms with van der Waals surface area (Å²) in [6.45, 7) is 0.399. The monoisotopic (exact) mass is 372 g/mol. The van der Waals surface area contributed by atoms with Crippen LogP contribution in [0.5, 0.6) is 0 Å². The molecule has 1 fully saturated rings. The first-order valence-corrected chi connectivity index (χ1v) is 9.48. The number of rotatable bonds is 4. The van der Waals surface area contributed by atoms with Crippen molar-refractivity contribution >= 4 is 15.8 Å². The molecule has 3 aromatic rings. The molecule has 2 aromatic heterocycles.